The fourth-order valence-electron chi connectivity index (χ4n) is 1.35. The lowest BCUT2D eigenvalue weighted by atomic mass is 10.2. The Morgan fingerprint density at radius 1 is 1.33 bits per heavy atom. The number of carbonyl (C=O) groups is 1. The molecular weight excluding hydrogens is 409 g/mol. The van der Waals surface area contributed by atoms with Gasteiger partial charge in [-0.3, -0.25) is 4.79 Å². The highest BCUT2D eigenvalue weighted by atomic mass is 127. The predicted octanol–water partition coefficient (Wildman–Crippen LogP) is 3.28. The van der Waals surface area contributed by atoms with Crippen molar-refractivity contribution in [1.82, 2.24) is 4.98 Å². The van der Waals surface area contributed by atoms with Gasteiger partial charge >= 0.3 is 0 Å². The van der Waals surface area contributed by atoms with Crippen LogP contribution in [0.1, 0.15) is 10.4 Å². The SMILES string of the molecule is Nc1ccc(NC(=O)c2cc(Br)ccc2I)cn1. The van der Waals surface area contributed by atoms with Crippen molar-refractivity contribution < 1.29 is 4.79 Å². The van der Waals surface area contributed by atoms with Crippen molar-refractivity contribution >= 4 is 55.9 Å². The fraction of sp³-hybridized carbons (Fsp3) is 0. The van der Waals surface area contributed by atoms with E-state index in [1.165, 1.54) is 6.20 Å². The van der Waals surface area contributed by atoms with E-state index in [9.17, 15) is 4.79 Å². The van der Waals surface area contributed by atoms with Gasteiger partial charge < -0.3 is 11.1 Å². The molecular formula is C12H9BrIN3O. The summed E-state index contributed by atoms with van der Waals surface area (Å²) in [7, 11) is 0. The average Bonchev–Trinajstić information content (AvgIpc) is 2.35. The molecule has 0 aliphatic heterocycles. The van der Waals surface area contributed by atoms with Crippen molar-refractivity contribution in [2.45, 2.75) is 0 Å². The number of nitrogens with zero attached hydrogens (tertiary/aromatic N) is 1. The van der Waals surface area contributed by atoms with Crippen LogP contribution in [0, 0.1) is 3.57 Å². The summed E-state index contributed by atoms with van der Waals surface area (Å²) in [6.45, 7) is 0. The van der Waals surface area contributed by atoms with Gasteiger partial charge in [-0.05, 0) is 52.9 Å². The number of nitrogen functional groups attached to an aromatic ring is 1. The molecule has 0 unspecified atom stereocenters. The number of aromatic nitrogens is 1. The number of nitrogens with one attached hydrogen (secondary N) is 1. The minimum absolute atomic E-state index is 0.174. The summed E-state index contributed by atoms with van der Waals surface area (Å²) >= 11 is 5.47. The van der Waals surface area contributed by atoms with Crippen molar-refractivity contribution in [2.24, 2.45) is 0 Å². The molecule has 18 heavy (non-hydrogen) atoms. The fourth-order valence-corrected chi connectivity index (χ4v) is 2.29. The monoisotopic (exact) mass is 417 g/mol. The molecule has 0 fully saturated rings. The van der Waals surface area contributed by atoms with E-state index in [4.69, 9.17) is 5.73 Å². The third kappa shape index (κ3) is 3.20. The normalized spacial score (nSPS) is 10.1. The lowest BCUT2D eigenvalue weighted by Gasteiger charge is -2.07. The third-order valence-electron chi connectivity index (χ3n) is 2.22. The maximum Gasteiger partial charge on any atom is 0.256 e. The number of pyridine rings is 1. The van der Waals surface area contributed by atoms with Crippen LogP contribution in [-0.4, -0.2) is 10.9 Å². The van der Waals surface area contributed by atoms with Gasteiger partial charge in [0.1, 0.15) is 5.82 Å². The van der Waals surface area contributed by atoms with Gasteiger partial charge in [-0.25, -0.2) is 4.98 Å². The standard InChI is InChI=1S/C12H9BrIN3O/c13-7-1-3-10(14)9(5-7)12(18)17-8-2-4-11(15)16-6-8/h1-6H,(H2,15,16)(H,17,18). The van der Waals surface area contributed by atoms with Crippen LogP contribution < -0.4 is 11.1 Å². The smallest absolute Gasteiger partial charge is 0.256 e. The molecule has 1 amide bonds. The van der Waals surface area contributed by atoms with Gasteiger partial charge in [0.15, 0.2) is 0 Å². The van der Waals surface area contributed by atoms with Crippen LogP contribution >= 0.6 is 38.5 Å². The second-order valence-corrected chi connectivity index (χ2v) is 5.63. The molecule has 0 aliphatic rings. The van der Waals surface area contributed by atoms with Crippen LogP contribution in [0.5, 0.6) is 0 Å². The lowest BCUT2D eigenvalue weighted by molar-refractivity contribution is 0.102. The zero-order chi connectivity index (χ0) is 13.1. The molecule has 0 radical (unpaired) electrons. The number of rotatable bonds is 2. The van der Waals surface area contributed by atoms with Gasteiger partial charge in [-0.2, -0.15) is 0 Å². The Balaban J connectivity index is 2.21. The number of anilines is 2. The molecule has 0 spiro atoms. The van der Waals surface area contributed by atoms with E-state index in [0.29, 0.717) is 17.1 Å². The molecule has 3 N–H and O–H groups in total. The molecule has 4 nitrogen and oxygen atoms in total. The highest BCUT2D eigenvalue weighted by Crippen LogP contribution is 2.19. The van der Waals surface area contributed by atoms with Crippen LogP contribution in [0.2, 0.25) is 0 Å². The van der Waals surface area contributed by atoms with Crippen LogP contribution in [0.3, 0.4) is 0 Å². The van der Waals surface area contributed by atoms with E-state index in [-0.39, 0.29) is 5.91 Å². The first-order chi connectivity index (χ1) is 8.56. The highest BCUT2D eigenvalue weighted by molar-refractivity contribution is 14.1. The number of halogens is 2. The topological polar surface area (TPSA) is 68.0 Å². The first kappa shape index (κ1) is 13.3. The molecule has 0 bridgehead atoms. The molecule has 1 aromatic heterocycles. The summed E-state index contributed by atoms with van der Waals surface area (Å²) < 4.78 is 1.75. The molecule has 6 heteroatoms. The first-order valence-electron chi connectivity index (χ1n) is 5.04. The Hall–Kier alpha value is -1.15. The second kappa shape index (κ2) is 5.66. The third-order valence-corrected chi connectivity index (χ3v) is 3.65. The van der Waals surface area contributed by atoms with Crippen molar-refractivity contribution in [2.75, 3.05) is 11.1 Å². The molecule has 0 saturated carbocycles. The largest absolute Gasteiger partial charge is 0.384 e. The molecule has 1 aromatic carbocycles. The van der Waals surface area contributed by atoms with E-state index in [0.717, 1.165) is 8.04 Å². The predicted molar refractivity (Wildman–Crippen MR) is 83.5 cm³/mol. The summed E-state index contributed by atoms with van der Waals surface area (Å²) in [6.07, 6.45) is 1.53. The van der Waals surface area contributed by atoms with Crippen molar-refractivity contribution in [3.63, 3.8) is 0 Å². The Kier molecular flexibility index (Phi) is 4.18. The molecule has 2 rings (SSSR count). The average molecular weight is 418 g/mol. The minimum Gasteiger partial charge on any atom is -0.384 e. The van der Waals surface area contributed by atoms with Crippen molar-refractivity contribution in [1.29, 1.82) is 0 Å². The first-order valence-corrected chi connectivity index (χ1v) is 6.91. The van der Waals surface area contributed by atoms with E-state index >= 15 is 0 Å². The van der Waals surface area contributed by atoms with Crippen molar-refractivity contribution in [3.8, 4) is 0 Å². The maximum atomic E-state index is 12.1. The van der Waals surface area contributed by atoms with Gasteiger partial charge in [0, 0.05) is 8.04 Å². The Labute approximate surface area is 126 Å². The number of carbonyl (C=O) groups excluding carboxylic acids is 1. The van der Waals surface area contributed by atoms with Gasteiger partial charge in [-0.1, -0.05) is 15.9 Å². The number of hydrogen-bond acceptors (Lipinski definition) is 3. The molecule has 0 atom stereocenters. The Bertz CT molecular complexity index is 586. The van der Waals surface area contributed by atoms with Crippen molar-refractivity contribution in [3.05, 3.63) is 50.1 Å². The molecule has 92 valence electrons. The lowest BCUT2D eigenvalue weighted by Crippen LogP contribution is -2.13. The molecule has 2 aromatic rings. The van der Waals surface area contributed by atoms with Crippen LogP contribution in [0.25, 0.3) is 0 Å². The minimum atomic E-state index is -0.174. The van der Waals surface area contributed by atoms with Crippen LogP contribution in [-0.2, 0) is 0 Å². The highest BCUT2D eigenvalue weighted by Gasteiger charge is 2.10. The summed E-state index contributed by atoms with van der Waals surface area (Å²) in [5, 5.41) is 2.77. The number of nitrogens with two attached hydrogens (primary N) is 1. The Morgan fingerprint density at radius 2 is 2.11 bits per heavy atom. The van der Waals surface area contributed by atoms with E-state index in [1.807, 2.05) is 12.1 Å². The molecule has 1 heterocycles. The quantitative estimate of drug-likeness (QED) is 0.736. The molecule has 0 aliphatic carbocycles. The Morgan fingerprint density at radius 3 is 2.78 bits per heavy atom. The summed E-state index contributed by atoms with van der Waals surface area (Å²) in [6, 6.07) is 8.90. The van der Waals surface area contributed by atoms with Crippen LogP contribution in [0.15, 0.2) is 41.0 Å². The summed E-state index contributed by atoms with van der Waals surface area (Å²) in [5.41, 5.74) is 6.71. The summed E-state index contributed by atoms with van der Waals surface area (Å²) in [5.74, 6) is 0.248. The number of amides is 1. The zero-order valence-electron chi connectivity index (χ0n) is 9.15. The molecule has 0 saturated heterocycles. The van der Waals surface area contributed by atoms with Gasteiger partial charge in [0.05, 0.1) is 17.4 Å². The zero-order valence-corrected chi connectivity index (χ0v) is 12.9. The van der Waals surface area contributed by atoms with Crippen LogP contribution in [0.4, 0.5) is 11.5 Å². The second-order valence-electron chi connectivity index (χ2n) is 3.55. The maximum absolute atomic E-state index is 12.1. The van der Waals surface area contributed by atoms with E-state index in [2.05, 4.69) is 48.8 Å². The van der Waals surface area contributed by atoms with Gasteiger partial charge in [-0.15, -0.1) is 0 Å². The van der Waals surface area contributed by atoms with Gasteiger partial charge in [0.25, 0.3) is 5.91 Å². The van der Waals surface area contributed by atoms with E-state index in [1.54, 1.807) is 18.2 Å². The number of hydrogen-bond donors (Lipinski definition) is 2. The summed E-state index contributed by atoms with van der Waals surface area (Å²) in [4.78, 5) is 16.0. The number of benzene rings is 1. The van der Waals surface area contributed by atoms with E-state index < -0.39 is 0 Å². The van der Waals surface area contributed by atoms with Gasteiger partial charge in [0.2, 0.25) is 0 Å².